The van der Waals surface area contributed by atoms with Crippen molar-refractivity contribution >= 4 is 15.9 Å². The first kappa shape index (κ1) is 14.1. The van der Waals surface area contributed by atoms with Crippen molar-refractivity contribution in [2.75, 3.05) is 6.54 Å². The van der Waals surface area contributed by atoms with Gasteiger partial charge in [0.25, 0.3) is 0 Å². The monoisotopic (exact) mass is 313 g/mol. The number of nitrogens with zero attached hydrogens (tertiary/aromatic N) is 2. The molecule has 1 aliphatic carbocycles. The van der Waals surface area contributed by atoms with Gasteiger partial charge in [0, 0.05) is 19.5 Å². The smallest absolute Gasteiger partial charge is 0.0738 e. The molecule has 1 atom stereocenters. The third-order valence-electron chi connectivity index (χ3n) is 4.18. The molecule has 0 saturated heterocycles. The van der Waals surface area contributed by atoms with Crippen LogP contribution in [-0.2, 0) is 13.5 Å². The Bertz CT molecular complexity index is 421. The van der Waals surface area contributed by atoms with Crippen molar-refractivity contribution in [2.24, 2.45) is 12.5 Å². The van der Waals surface area contributed by atoms with Crippen LogP contribution in [0.3, 0.4) is 0 Å². The topological polar surface area (TPSA) is 29.9 Å². The maximum atomic E-state index is 4.49. The van der Waals surface area contributed by atoms with Gasteiger partial charge in [0.15, 0.2) is 0 Å². The van der Waals surface area contributed by atoms with Crippen LogP contribution >= 0.6 is 15.9 Å². The normalized spacial score (nSPS) is 18.9. The number of rotatable bonds is 6. The van der Waals surface area contributed by atoms with Crippen LogP contribution in [0.5, 0.6) is 0 Å². The number of hydrogen-bond donors (Lipinski definition) is 1. The minimum absolute atomic E-state index is 0.493. The van der Waals surface area contributed by atoms with Gasteiger partial charge in [-0.1, -0.05) is 13.8 Å². The predicted octanol–water partition coefficient (Wildman–Crippen LogP) is 3.20. The molecule has 1 aliphatic rings. The summed E-state index contributed by atoms with van der Waals surface area (Å²) in [5, 5.41) is 8.21. The highest BCUT2D eigenvalue weighted by Gasteiger charge is 2.44. The SMILES string of the molecule is CCCNC(Cc1c(Br)c(C)nn1C)C1(C)CC1. The Labute approximate surface area is 118 Å². The molecule has 0 radical (unpaired) electrons. The molecule has 1 saturated carbocycles. The van der Waals surface area contributed by atoms with Crippen molar-refractivity contribution in [1.82, 2.24) is 15.1 Å². The lowest BCUT2D eigenvalue weighted by atomic mass is 9.94. The van der Waals surface area contributed by atoms with Gasteiger partial charge in [-0.25, -0.2) is 0 Å². The zero-order valence-electron chi connectivity index (χ0n) is 11.9. The minimum atomic E-state index is 0.493. The Balaban J connectivity index is 2.13. The van der Waals surface area contributed by atoms with Crippen LogP contribution < -0.4 is 5.32 Å². The maximum absolute atomic E-state index is 4.49. The second-order valence-electron chi connectivity index (χ2n) is 5.83. The van der Waals surface area contributed by atoms with E-state index in [9.17, 15) is 0 Å². The Morgan fingerprint density at radius 1 is 1.50 bits per heavy atom. The summed E-state index contributed by atoms with van der Waals surface area (Å²) in [6, 6.07) is 0.573. The van der Waals surface area contributed by atoms with Gasteiger partial charge in [-0.05, 0) is 54.1 Å². The van der Waals surface area contributed by atoms with E-state index in [4.69, 9.17) is 0 Å². The summed E-state index contributed by atoms with van der Waals surface area (Å²) in [6.45, 7) is 7.79. The third-order valence-corrected chi connectivity index (χ3v) is 5.21. The van der Waals surface area contributed by atoms with Gasteiger partial charge in [-0.3, -0.25) is 4.68 Å². The summed E-state index contributed by atoms with van der Waals surface area (Å²) < 4.78 is 3.20. The van der Waals surface area contributed by atoms with Crippen LogP contribution in [0.15, 0.2) is 4.47 Å². The van der Waals surface area contributed by atoms with Crippen LogP contribution in [0.2, 0.25) is 0 Å². The first-order valence-electron chi connectivity index (χ1n) is 6.89. The highest BCUT2D eigenvalue weighted by Crippen LogP contribution is 2.49. The van der Waals surface area contributed by atoms with E-state index < -0.39 is 0 Å². The average molecular weight is 314 g/mol. The third kappa shape index (κ3) is 2.80. The minimum Gasteiger partial charge on any atom is -0.313 e. The molecule has 18 heavy (non-hydrogen) atoms. The van der Waals surface area contributed by atoms with Crippen LogP contribution in [0.1, 0.15) is 44.5 Å². The summed E-state index contributed by atoms with van der Waals surface area (Å²) in [5.41, 5.74) is 2.89. The Kier molecular flexibility index (Phi) is 4.17. The quantitative estimate of drug-likeness (QED) is 0.874. The van der Waals surface area contributed by atoms with E-state index in [1.165, 1.54) is 29.4 Å². The van der Waals surface area contributed by atoms with Crippen molar-refractivity contribution in [2.45, 2.75) is 52.5 Å². The molecule has 2 rings (SSSR count). The molecule has 0 aliphatic heterocycles. The van der Waals surface area contributed by atoms with Crippen LogP contribution in [0.4, 0.5) is 0 Å². The summed E-state index contributed by atoms with van der Waals surface area (Å²) in [6.07, 6.45) is 4.96. The fourth-order valence-corrected chi connectivity index (χ4v) is 3.02. The molecule has 102 valence electrons. The Hall–Kier alpha value is -0.350. The van der Waals surface area contributed by atoms with Crippen LogP contribution in [0.25, 0.3) is 0 Å². The molecule has 1 fully saturated rings. The molecule has 1 unspecified atom stereocenters. The number of aromatic nitrogens is 2. The van der Waals surface area contributed by atoms with E-state index >= 15 is 0 Å². The summed E-state index contributed by atoms with van der Waals surface area (Å²) >= 11 is 3.67. The van der Waals surface area contributed by atoms with Crippen molar-refractivity contribution in [3.8, 4) is 0 Å². The molecule has 1 aromatic heterocycles. The summed E-state index contributed by atoms with van der Waals surface area (Å²) in [7, 11) is 2.04. The van der Waals surface area contributed by atoms with Crippen LogP contribution in [-0.4, -0.2) is 22.4 Å². The Morgan fingerprint density at radius 3 is 2.61 bits per heavy atom. The predicted molar refractivity (Wildman–Crippen MR) is 78.8 cm³/mol. The first-order chi connectivity index (χ1) is 8.48. The average Bonchev–Trinajstić information content (AvgIpc) is 3.02. The van der Waals surface area contributed by atoms with Crippen molar-refractivity contribution < 1.29 is 0 Å². The first-order valence-corrected chi connectivity index (χ1v) is 7.68. The molecular formula is C14H24BrN3. The second-order valence-corrected chi connectivity index (χ2v) is 6.63. The molecule has 0 aromatic carbocycles. The van der Waals surface area contributed by atoms with Crippen molar-refractivity contribution in [3.63, 3.8) is 0 Å². The van der Waals surface area contributed by atoms with Gasteiger partial charge in [0.2, 0.25) is 0 Å². The highest BCUT2D eigenvalue weighted by molar-refractivity contribution is 9.10. The van der Waals surface area contributed by atoms with Gasteiger partial charge in [0.05, 0.1) is 15.9 Å². The number of halogens is 1. The van der Waals surface area contributed by atoms with Gasteiger partial charge >= 0.3 is 0 Å². The maximum Gasteiger partial charge on any atom is 0.0738 e. The highest BCUT2D eigenvalue weighted by atomic mass is 79.9. The zero-order chi connectivity index (χ0) is 13.3. The van der Waals surface area contributed by atoms with Gasteiger partial charge in [-0.2, -0.15) is 5.10 Å². The Morgan fingerprint density at radius 2 is 2.17 bits per heavy atom. The lowest BCUT2D eigenvalue weighted by molar-refractivity contribution is 0.348. The summed E-state index contributed by atoms with van der Waals surface area (Å²) in [4.78, 5) is 0. The molecule has 0 bridgehead atoms. The largest absolute Gasteiger partial charge is 0.313 e. The molecular weight excluding hydrogens is 290 g/mol. The van der Waals surface area contributed by atoms with Gasteiger partial charge < -0.3 is 5.32 Å². The fraction of sp³-hybridized carbons (Fsp3) is 0.786. The fourth-order valence-electron chi connectivity index (χ4n) is 2.52. The standard InChI is InChI=1S/C14H24BrN3/c1-5-8-16-12(14(3)6-7-14)9-11-13(15)10(2)17-18(11)4/h12,16H,5-9H2,1-4H3. The second kappa shape index (κ2) is 5.33. The van der Waals surface area contributed by atoms with E-state index in [-0.39, 0.29) is 0 Å². The van der Waals surface area contributed by atoms with Gasteiger partial charge in [-0.15, -0.1) is 0 Å². The van der Waals surface area contributed by atoms with Crippen molar-refractivity contribution in [3.05, 3.63) is 15.9 Å². The van der Waals surface area contributed by atoms with E-state index in [0.717, 1.165) is 18.7 Å². The van der Waals surface area contributed by atoms with E-state index in [1.54, 1.807) is 0 Å². The molecule has 3 nitrogen and oxygen atoms in total. The molecule has 4 heteroatoms. The number of nitrogens with one attached hydrogen (secondary N) is 1. The number of hydrogen-bond acceptors (Lipinski definition) is 2. The van der Waals surface area contributed by atoms with Crippen molar-refractivity contribution in [1.29, 1.82) is 0 Å². The van der Waals surface area contributed by atoms with E-state index in [0.29, 0.717) is 11.5 Å². The summed E-state index contributed by atoms with van der Waals surface area (Å²) in [5.74, 6) is 0. The van der Waals surface area contributed by atoms with Crippen LogP contribution in [0, 0.1) is 12.3 Å². The lowest BCUT2D eigenvalue weighted by Gasteiger charge is -2.25. The molecule has 1 aromatic rings. The molecule has 1 heterocycles. The van der Waals surface area contributed by atoms with E-state index in [1.807, 2.05) is 11.7 Å². The molecule has 1 N–H and O–H groups in total. The molecule has 0 spiro atoms. The molecule has 0 amide bonds. The van der Waals surface area contributed by atoms with Gasteiger partial charge in [0.1, 0.15) is 0 Å². The van der Waals surface area contributed by atoms with E-state index in [2.05, 4.69) is 47.1 Å². The lowest BCUT2D eigenvalue weighted by Crippen LogP contribution is -2.39. The zero-order valence-corrected chi connectivity index (χ0v) is 13.5. The number of aryl methyl sites for hydroxylation is 2.